The van der Waals surface area contributed by atoms with Crippen LogP contribution in [-0.4, -0.2) is 30.9 Å². The van der Waals surface area contributed by atoms with Crippen LogP contribution in [0, 0.1) is 17.2 Å². The van der Waals surface area contributed by atoms with Crippen LogP contribution in [0.5, 0.6) is 5.75 Å². The lowest BCUT2D eigenvalue weighted by atomic mass is 10.1. The lowest BCUT2D eigenvalue weighted by molar-refractivity contribution is 0.240. The molecule has 21 heavy (non-hydrogen) atoms. The fraction of sp³-hybridized carbons (Fsp3) is 0.588. The van der Waals surface area contributed by atoms with E-state index in [2.05, 4.69) is 4.90 Å². The molecule has 2 aliphatic carbocycles. The van der Waals surface area contributed by atoms with Crippen molar-refractivity contribution in [2.45, 2.75) is 32.2 Å². The number of nitrogens with two attached hydrogens (primary N) is 1. The van der Waals surface area contributed by atoms with Crippen molar-refractivity contribution < 1.29 is 4.74 Å². The van der Waals surface area contributed by atoms with Crippen LogP contribution >= 0.6 is 0 Å². The van der Waals surface area contributed by atoms with Crippen molar-refractivity contribution in [2.75, 3.05) is 20.2 Å². The first-order valence-electron chi connectivity index (χ1n) is 7.89. The largest absolute Gasteiger partial charge is 0.496 e. The second-order valence-corrected chi connectivity index (χ2v) is 6.52. The average molecular weight is 287 g/mol. The van der Waals surface area contributed by atoms with E-state index in [0.29, 0.717) is 0 Å². The fourth-order valence-corrected chi connectivity index (χ4v) is 2.85. The molecule has 0 heterocycles. The molecule has 0 spiro atoms. The first-order valence-corrected chi connectivity index (χ1v) is 7.89. The molecule has 3 N–H and O–H groups in total. The average Bonchev–Trinajstić information content (AvgIpc) is 3.35. The summed E-state index contributed by atoms with van der Waals surface area (Å²) in [6, 6.07) is 5.79. The predicted molar refractivity (Wildman–Crippen MR) is 84.7 cm³/mol. The molecular formula is C17H25N3O. The number of ether oxygens (including phenoxy) is 1. The molecule has 2 aliphatic rings. The molecule has 1 aromatic rings. The minimum atomic E-state index is 0.120. The highest BCUT2D eigenvalue weighted by molar-refractivity contribution is 5.95. The molecule has 2 fully saturated rings. The van der Waals surface area contributed by atoms with Crippen molar-refractivity contribution in [3.05, 3.63) is 29.3 Å². The van der Waals surface area contributed by atoms with E-state index < -0.39 is 0 Å². The Bertz CT molecular complexity index is 507. The third-order valence-corrected chi connectivity index (χ3v) is 4.41. The summed E-state index contributed by atoms with van der Waals surface area (Å²) >= 11 is 0. The molecule has 4 nitrogen and oxygen atoms in total. The van der Waals surface area contributed by atoms with Crippen LogP contribution in [0.1, 0.15) is 36.8 Å². The van der Waals surface area contributed by atoms with Gasteiger partial charge in [0.25, 0.3) is 0 Å². The molecule has 0 aliphatic heterocycles. The van der Waals surface area contributed by atoms with Gasteiger partial charge in [-0.05, 0) is 55.7 Å². The summed E-state index contributed by atoms with van der Waals surface area (Å²) in [5, 5.41) is 7.61. The topological polar surface area (TPSA) is 62.3 Å². The molecule has 4 heteroatoms. The summed E-state index contributed by atoms with van der Waals surface area (Å²) in [5.41, 5.74) is 7.54. The number of hydrogen-bond donors (Lipinski definition) is 2. The Labute approximate surface area is 126 Å². The van der Waals surface area contributed by atoms with E-state index in [1.807, 2.05) is 18.2 Å². The summed E-state index contributed by atoms with van der Waals surface area (Å²) in [5.74, 6) is 2.81. The van der Waals surface area contributed by atoms with Gasteiger partial charge in [-0.1, -0.05) is 0 Å². The van der Waals surface area contributed by atoms with Crippen molar-refractivity contribution >= 4 is 5.84 Å². The van der Waals surface area contributed by atoms with E-state index in [1.54, 1.807) is 7.11 Å². The van der Waals surface area contributed by atoms with Crippen molar-refractivity contribution in [2.24, 2.45) is 17.6 Å². The maximum atomic E-state index is 7.61. The number of nitrogens with zero attached hydrogens (tertiary/aromatic N) is 1. The fourth-order valence-electron chi connectivity index (χ4n) is 2.85. The Morgan fingerprint density at radius 3 is 2.33 bits per heavy atom. The Kier molecular flexibility index (Phi) is 4.15. The smallest absolute Gasteiger partial charge is 0.123 e. The van der Waals surface area contributed by atoms with Gasteiger partial charge in [0.15, 0.2) is 0 Å². The molecule has 0 aromatic heterocycles. The van der Waals surface area contributed by atoms with Crippen molar-refractivity contribution in [3.63, 3.8) is 0 Å². The number of nitrogens with one attached hydrogen (secondary N) is 1. The molecule has 0 unspecified atom stereocenters. The highest BCUT2D eigenvalue weighted by atomic mass is 16.5. The summed E-state index contributed by atoms with van der Waals surface area (Å²) in [4.78, 5) is 2.57. The lowest BCUT2D eigenvalue weighted by Crippen LogP contribution is -2.28. The van der Waals surface area contributed by atoms with E-state index in [1.165, 1.54) is 38.8 Å². The highest BCUT2D eigenvalue weighted by Crippen LogP contribution is 2.35. The second kappa shape index (κ2) is 6.06. The molecule has 3 rings (SSSR count). The predicted octanol–water partition coefficient (Wildman–Crippen LogP) is 2.60. The standard InChI is InChI=1S/C17H25N3O/c1-21-16-7-6-14(17(18)19)8-15(16)11-20(9-12-2-3-12)10-13-4-5-13/h6-8,12-13H,2-5,9-11H2,1H3,(H3,18,19). The molecule has 0 radical (unpaired) electrons. The number of hydrogen-bond acceptors (Lipinski definition) is 3. The van der Waals surface area contributed by atoms with E-state index in [4.69, 9.17) is 15.9 Å². The third-order valence-electron chi connectivity index (χ3n) is 4.41. The molecular weight excluding hydrogens is 262 g/mol. The van der Waals surface area contributed by atoms with Gasteiger partial charge >= 0.3 is 0 Å². The molecule has 0 atom stereocenters. The van der Waals surface area contributed by atoms with Crippen LogP contribution in [0.3, 0.4) is 0 Å². The quantitative estimate of drug-likeness (QED) is 0.570. The van der Waals surface area contributed by atoms with Gasteiger partial charge in [0.2, 0.25) is 0 Å². The Balaban J connectivity index is 1.75. The van der Waals surface area contributed by atoms with Crippen LogP contribution in [0.2, 0.25) is 0 Å². The second-order valence-electron chi connectivity index (χ2n) is 6.52. The van der Waals surface area contributed by atoms with Gasteiger partial charge in [-0.25, -0.2) is 0 Å². The zero-order valence-corrected chi connectivity index (χ0v) is 12.8. The van der Waals surface area contributed by atoms with Crippen LogP contribution < -0.4 is 10.5 Å². The van der Waals surface area contributed by atoms with Gasteiger partial charge in [0.1, 0.15) is 11.6 Å². The van der Waals surface area contributed by atoms with Crippen LogP contribution in [0.4, 0.5) is 0 Å². The van der Waals surface area contributed by atoms with Gasteiger partial charge < -0.3 is 10.5 Å². The van der Waals surface area contributed by atoms with E-state index in [9.17, 15) is 0 Å². The summed E-state index contributed by atoms with van der Waals surface area (Å²) < 4.78 is 5.48. The Morgan fingerprint density at radius 2 is 1.86 bits per heavy atom. The number of amidine groups is 1. The SMILES string of the molecule is COc1ccc(C(=N)N)cc1CN(CC1CC1)CC1CC1. The zero-order valence-electron chi connectivity index (χ0n) is 12.8. The Morgan fingerprint density at radius 1 is 1.24 bits per heavy atom. The maximum absolute atomic E-state index is 7.61. The van der Waals surface area contributed by atoms with Crippen molar-refractivity contribution in [1.82, 2.24) is 4.90 Å². The van der Waals surface area contributed by atoms with E-state index >= 15 is 0 Å². The number of methoxy groups -OCH3 is 1. The molecule has 0 bridgehead atoms. The van der Waals surface area contributed by atoms with Gasteiger partial charge in [-0.2, -0.15) is 0 Å². The molecule has 1 aromatic carbocycles. The normalized spacial score (nSPS) is 18.0. The highest BCUT2D eigenvalue weighted by Gasteiger charge is 2.29. The van der Waals surface area contributed by atoms with Crippen LogP contribution in [-0.2, 0) is 6.54 Å². The zero-order chi connectivity index (χ0) is 14.8. The summed E-state index contributed by atoms with van der Waals surface area (Å²) in [7, 11) is 1.71. The number of nitrogen functional groups attached to an aromatic ring is 1. The number of benzene rings is 1. The Hall–Kier alpha value is -1.55. The van der Waals surface area contributed by atoms with Crippen LogP contribution in [0.25, 0.3) is 0 Å². The van der Waals surface area contributed by atoms with E-state index in [0.717, 1.165) is 35.3 Å². The maximum Gasteiger partial charge on any atom is 0.123 e. The molecule has 114 valence electrons. The van der Waals surface area contributed by atoms with Crippen molar-refractivity contribution in [3.8, 4) is 5.75 Å². The van der Waals surface area contributed by atoms with Gasteiger partial charge in [0.05, 0.1) is 7.11 Å². The van der Waals surface area contributed by atoms with Gasteiger partial charge in [0, 0.05) is 30.8 Å². The van der Waals surface area contributed by atoms with Gasteiger partial charge in [-0.15, -0.1) is 0 Å². The third kappa shape index (κ3) is 3.97. The minimum absolute atomic E-state index is 0.120. The van der Waals surface area contributed by atoms with E-state index in [-0.39, 0.29) is 5.84 Å². The minimum Gasteiger partial charge on any atom is -0.496 e. The molecule has 2 saturated carbocycles. The van der Waals surface area contributed by atoms with Crippen molar-refractivity contribution in [1.29, 1.82) is 5.41 Å². The molecule has 0 saturated heterocycles. The monoisotopic (exact) mass is 287 g/mol. The summed E-state index contributed by atoms with van der Waals surface area (Å²) in [6.45, 7) is 3.30. The molecule has 0 amide bonds. The number of rotatable bonds is 8. The lowest BCUT2D eigenvalue weighted by Gasteiger charge is -2.23. The summed E-state index contributed by atoms with van der Waals surface area (Å²) in [6.07, 6.45) is 5.52. The first kappa shape index (κ1) is 14.4. The van der Waals surface area contributed by atoms with Crippen LogP contribution in [0.15, 0.2) is 18.2 Å². The van der Waals surface area contributed by atoms with Gasteiger partial charge in [-0.3, -0.25) is 10.3 Å². The first-order chi connectivity index (χ1) is 10.2.